The second-order valence-corrected chi connectivity index (χ2v) is 6.69. The van der Waals surface area contributed by atoms with Crippen molar-refractivity contribution in [2.75, 3.05) is 5.32 Å². The third-order valence-electron chi connectivity index (χ3n) is 3.86. The van der Waals surface area contributed by atoms with Crippen molar-refractivity contribution in [3.8, 4) is 5.95 Å². The monoisotopic (exact) mass is 397 g/mol. The van der Waals surface area contributed by atoms with Crippen LogP contribution in [0.4, 0.5) is 16.5 Å². The van der Waals surface area contributed by atoms with E-state index in [9.17, 15) is 20.2 Å². The summed E-state index contributed by atoms with van der Waals surface area (Å²) in [6, 6.07) is 7.61. The summed E-state index contributed by atoms with van der Waals surface area (Å²) in [5, 5.41) is 25.6. The number of hydrogen-bond acceptors (Lipinski definition) is 9. The van der Waals surface area contributed by atoms with Crippen molar-refractivity contribution >= 4 is 38.1 Å². The molecule has 28 heavy (non-hydrogen) atoms. The summed E-state index contributed by atoms with van der Waals surface area (Å²) in [6.45, 7) is 0.251. The first-order valence-electron chi connectivity index (χ1n) is 7.93. The fourth-order valence-corrected chi connectivity index (χ4v) is 3.42. The zero-order valence-electron chi connectivity index (χ0n) is 14.1. The molecule has 0 aliphatic carbocycles. The highest BCUT2D eigenvalue weighted by Gasteiger charge is 2.18. The number of hydrogen-bond donors (Lipinski definition) is 1. The van der Waals surface area contributed by atoms with E-state index in [1.54, 1.807) is 29.1 Å². The number of fused-ring (bicyclic) bond motifs is 1. The summed E-state index contributed by atoms with van der Waals surface area (Å²) in [7, 11) is 0. The molecule has 11 nitrogen and oxygen atoms in total. The van der Waals surface area contributed by atoms with E-state index in [0.29, 0.717) is 27.5 Å². The number of nitro benzene ring substituents is 1. The smallest absolute Gasteiger partial charge is 0.326 e. The molecule has 0 aliphatic heterocycles. The number of rotatable bonds is 6. The van der Waals surface area contributed by atoms with Gasteiger partial charge in [0.2, 0.25) is 5.95 Å². The lowest BCUT2D eigenvalue weighted by Crippen LogP contribution is -2.06. The van der Waals surface area contributed by atoms with Gasteiger partial charge in [-0.3, -0.25) is 24.8 Å². The third-order valence-corrected chi connectivity index (χ3v) is 4.85. The summed E-state index contributed by atoms with van der Waals surface area (Å²) in [5.74, 6) is 0.702. The molecular formula is C16H11N7O4S. The van der Waals surface area contributed by atoms with Crippen LogP contribution in [0.5, 0.6) is 0 Å². The van der Waals surface area contributed by atoms with E-state index >= 15 is 0 Å². The molecule has 4 aromatic rings. The number of nitro groups is 2. The Hall–Kier alpha value is -3.93. The molecule has 12 heteroatoms. The average Bonchev–Trinajstić information content (AvgIpc) is 3.35. The van der Waals surface area contributed by atoms with E-state index in [2.05, 4.69) is 20.3 Å². The molecule has 3 heterocycles. The van der Waals surface area contributed by atoms with E-state index in [1.807, 2.05) is 0 Å². The van der Waals surface area contributed by atoms with Crippen LogP contribution in [0.2, 0.25) is 0 Å². The summed E-state index contributed by atoms with van der Waals surface area (Å²) in [5.41, 5.74) is 0.660. The van der Waals surface area contributed by atoms with E-state index in [-0.39, 0.29) is 17.2 Å². The van der Waals surface area contributed by atoms with Crippen molar-refractivity contribution in [1.82, 2.24) is 19.5 Å². The molecule has 0 amide bonds. The predicted molar refractivity (Wildman–Crippen MR) is 102 cm³/mol. The SMILES string of the molecule is O=[N+]([O-])c1cccc(CNc2nc(-n3ccnc3)nc3sc([N+](=O)[O-])cc23)c1. The van der Waals surface area contributed by atoms with Crippen molar-refractivity contribution in [2.24, 2.45) is 0 Å². The second kappa shape index (κ2) is 7.00. The largest absolute Gasteiger partial charge is 0.365 e. The fraction of sp³-hybridized carbons (Fsp3) is 0.0625. The van der Waals surface area contributed by atoms with Crippen LogP contribution < -0.4 is 5.32 Å². The van der Waals surface area contributed by atoms with Crippen LogP contribution in [0.25, 0.3) is 16.2 Å². The summed E-state index contributed by atoms with van der Waals surface area (Å²) in [6.07, 6.45) is 4.75. The highest BCUT2D eigenvalue weighted by atomic mass is 32.1. The molecular weight excluding hydrogens is 386 g/mol. The molecule has 0 bridgehead atoms. The van der Waals surface area contributed by atoms with Crippen molar-refractivity contribution in [3.05, 3.63) is 74.8 Å². The zero-order chi connectivity index (χ0) is 19.7. The van der Waals surface area contributed by atoms with Crippen LogP contribution >= 0.6 is 11.3 Å². The first kappa shape index (κ1) is 17.5. The highest BCUT2D eigenvalue weighted by molar-refractivity contribution is 7.21. The van der Waals surface area contributed by atoms with E-state index < -0.39 is 9.85 Å². The van der Waals surface area contributed by atoms with Gasteiger partial charge in [-0.2, -0.15) is 4.98 Å². The molecule has 0 fully saturated rings. The third kappa shape index (κ3) is 3.35. The molecule has 0 saturated carbocycles. The normalized spacial score (nSPS) is 10.9. The molecule has 1 N–H and O–H groups in total. The molecule has 0 saturated heterocycles. The number of aromatic nitrogens is 4. The Morgan fingerprint density at radius 2 is 2.00 bits per heavy atom. The number of thiophene rings is 1. The maximum absolute atomic E-state index is 11.1. The maximum atomic E-state index is 11.1. The standard InChI is InChI=1S/C16H11N7O4S/c24-22(25)11-3-1-2-10(6-11)8-18-14-12-7-13(23(26)27)28-15(12)20-16(19-14)21-5-4-17-9-21/h1-7,9H,8H2,(H,18,19,20). The molecule has 3 aromatic heterocycles. The number of benzene rings is 1. The topological polar surface area (TPSA) is 142 Å². The maximum Gasteiger partial charge on any atom is 0.326 e. The Morgan fingerprint density at radius 1 is 1.14 bits per heavy atom. The van der Waals surface area contributed by atoms with Crippen LogP contribution in [-0.4, -0.2) is 29.4 Å². The molecule has 140 valence electrons. The van der Waals surface area contributed by atoms with Gasteiger partial charge in [-0.15, -0.1) is 0 Å². The Morgan fingerprint density at radius 3 is 2.71 bits per heavy atom. The van der Waals surface area contributed by atoms with Crippen molar-refractivity contribution in [1.29, 1.82) is 0 Å². The lowest BCUT2D eigenvalue weighted by Gasteiger charge is -2.09. The average molecular weight is 397 g/mol. The minimum atomic E-state index is -0.479. The van der Waals surface area contributed by atoms with Gasteiger partial charge in [0.15, 0.2) is 0 Å². The molecule has 0 atom stereocenters. The Bertz CT molecular complexity index is 1190. The second-order valence-electron chi connectivity index (χ2n) is 5.68. The number of nitrogens with one attached hydrogen (secondary N) is 1. The van der Waals surface area contributed by atoms with Gasteiger partial charge in [0, 0.05) is 37.1 Å². The van der Waals surface area contributed by atoms with Crippen molar-refractivity contribution in [3.63, 3.8) is 0 Å². The van der Waals surface area contributed by atoms with Gasteiger partial charge in [-0.25, -0.2) is 9.97 Å². The predicted octanol–water partition coefficient (Wildman–Crippen LogP) is 3.31. The van der Waals surface area contributed by atoms with Crippen LogP contribution in [0, 0.1) is 20.2 Å². The molecule has 1 aromatic carbocycles. The van der Waals surface area contributed by atoms with Gasteiger partial charge in [0.05, 0.1) is 15.2 Å². The summed E-state index contributed by atoms with van der Waals surface area (Å²) in [4.78, 5) is 34.4. The van der Waals surface area contributed by atoms with Gasteiger partial charge in [0.25, 0.3) is 5.69 Å². The van der Waals surface area contributed by atoms with Crippen LogP contribution in [0.15, 0.2) is 49.1 Å². The van der Waals surface area contributed by atoms with Crippen LogP contribution in [0.3, 0.4) is 0 Å². The first-order chi connectivity index (χ1) is 13.5. The van der Waals surface area contributed by atoms with Gasteiger partial charge >= 0.3 is 5.00 Å². The van der Waals surface area contributed by atoms with Crippen LogP contribution in [-0.2, 0) is 6.54 Å². The fourth-order valence-electron chi connectivity index (χ4n) is 2.58. The number of non-ortho nitro benzene ring substituents is 1. The van der Waals surface area contributed by atoms with Gasteiger partial charge < -0.3 is 5.32 Å². The van der Waals surface area contributed by atoms with E-state index in [1.165, 1.54) is 24.5 Å². The molecule has 0 spiro atoms. The minimum absolute atomic E-state index is 0.0163. The molecule has 4 rings (SSSR count). The van der Waals surface area contributed by atoms with E-state index in [4.69, 9.17) is 0 Å². The van der Waals surface area contributed by atoms with Crippen molar-refractivity contribution in [2.45, 2.75) is 6.54 Å². The lowest BCUT2D eigenvalue weighted by atomic mass is 10.2. The number of anilines is 1. The quantitative estimate of drug-likeness (QED) is 0.386. The highest BCUT2D eigenvalue weighted by Crippen LogP contribution is 2.34. The first-order valence-corrected chi connectivity index (χ1v) is 8.74. The molecule has 0 aliphatic rings. The summed E-state index contributed by atoms with van der Waals surface area (Å²) >= 11 is 0.946. The number of nitrogens with zero attached hydrogens (tertiary/aromatic N) is 6. The Labute approximate surface area is 160 Å². The van der Waals surface area contributed by atoms with E-state index in [0.717, 1.165) is 11.3 Å². The zero-order valence-corrected chi connectivity index (χ0v) is 14.9. The Balaban J connectivity index is 1.73. The summed E-state index contributed by atoms with van der Waals surface area (Å²) < 4.78 is 1.59. The van der Waals surface area contributed by atoms with Gasteiger partial charge in [0.1, 0.15) is 17.0 Å². The van der Waals surface area contributed by atoms with Gasteiger partial charge in [-0.05, 0) is 16.9 Å². The minimum Gasteiger partial charge on any atom is -0.365 e. The molecule has 0 unspecified atom stereocenters. The number of imidazole rings is 1. The Kier molecular flexibility index (Phi) is 4.37. The molecule has 0 radical (unpaired) electrons. The van der Waals surface area contributed by atoms with Gasteiger partial charge in [-0.1, -0.05) is 12.1 Å². The lowest BCUT2D eigenvalue weighted by molar-refractivity contribution is -0.384. The van der Waals surface area contributed by atoms with Crippen LogP contribution in [0.1, 0.15) is 5.56 Å². The van der Waals surface area contributed by atoms with Crippen molar-refractivity contribution < 1.29 is 9.85 Å².